The predicted octanol–water partition coefficient (Wildman–Crippen LogP) is 3.28. The smallest absolute Gasteiger partial charge is 0.325 e. The van der Waals surface area contributed by atoms with Gasteiger partial charge in [-0.05, 0) is 31.5 Å². The van der Waals surface area contributed by atoms with Gasteiger partial charge in [-0.25, -0.2) is 0 Å². The van der Waals surface area contributed by atoms with E-state index in [1.54, 1.807) is 24.3 Å². The van der Waals surface area contributed by atoms with Gasteiger partial charge in [0.2, 0.25) is 5.91 Å². The lowest BCUT2D eigenvalue weighted by molar-refractivity contribution is -0.120. The van der Waals surface area contributed by atoms with Crippen molar-refractivity contribution in [1.82, 2.24) is 5.32 Å². The minimum Gasteiger partial charge on any atom is -0.325 e. The van der Waals surface area contributed by atoms with Crippen molar-refractivity contribution in [3.63, 3.8) is 0 Å². The number of hydrogen-bond acceptors (Lipinski definition) is 3. The number of rotatable bonds is 4. The van der Waals surface area contributed by atoms with Crippen molar-refractivity contribution >= 4 is 23.4 Å². The zero-order valence-electron chi connectivity index (χ0n) is 11.4. The molecule has 1 aliphatic rings. The maximum atomic E-state index is 12.3. The molecule has 1 fully saturated rings. The monoisotopic (exact) mass is 318 g/mol. The largest absolute Gasteiger partial charge is 0.398 e. The van der Waals surface area contributed by atoms with Crippen molar-refractivity contribution in [2.45, 2.75) is 23.9 Å². The number of benzene rings is 1. The third-order valence-electron chi connectivity index (χ3n) is 3.20. The summed E-state index contributed by atoms with van der Waals surface area (Å²) in [5.74, 6) is -1.23. The topological polar surface area (TPSA) is 41.1 Å². The van der Waals surface area contributed by atoms with Crippen LogP contribution < -0.4 is 10.6 Å². The first-order valence-corrected chi connectivity index (χ1v) is 7.74. The Bertz CT molecular complexity index is 487. The fourth-order valence-electron chi connectivity index (χ4n) is 2.17. The molecule has 1 heterocycles. The average Bonchev–Trinajstić information content (AvgIpc) is 2.46. The number of carbonyl (C=O) groups excluding carboxylic acids is 1. The maximum Gasteiger partial charge on any atom is 0.398 e. The lowest BCUT2D eigenvalue weighted by atomic mass is 9.99. The predicted molar refractivity (Wildman–Crippen MR) is 77.4 cm³/mol. The first-order valence-electron chi connectivity index (χ1n) is 6.76. The Morgan fingerprint density at radius 1 is 1.38 bits per heavy atom. The molecule has 21 heavy (non-hydrogen) atoms. The molecule has 7 heteroatoms. The molecule has 0 aliphatic carbocycles. The number of amides is 1. The lowest BCUT2D eigenvalue weighted by Crippen LogP contribution is -2.37. The number of halogens is 3. The van der Waals surface area contributed by atoms with Gasteiger partial charge in [0, 0.05) is 11.4 Å². The lowest BCUT2D eigenvalue weighted by Gasteiger charge is -2.22. The first-order chi connectivity index (χ1) is 9.96. The zero-order chi connectivity index (χ0) is 15.3. The summed E-state index contributed by atoms with van der Waals surface area (Å²) in [6, 6.07) is 6.58. The minimum absolute atomic E-state index is 0.126. The number of para-hydroxylation sites is 1. The van der Waals surface area contributed by atoms with Crippen LogP contribution in [0.25, 0.3) is 0 Å². The van der Waals surface area contributed by atoms with E-state index >= 15 is 0 Å². The van der Waals surface area contributed by atoms with Gasteiger partial charge in [0.05, 0.1) is 17.4 Å². The third kappa shape index (κ3) is 5.24. The van der Waals surface area contributed by atoms with Gasteiger partial charge in [-0.1, -0.05) is 12.1 Å². The van der Waals surface area contributed by atoms with Crippen LogP contribution in [0.15, 0.2) is 29.2 Å². The summed E-state index contributed by atoms with van der Waals surface area (Å²) >= 11 is 0.687. The first kappa shape index (κ1) is 16.2. The van der Waals surface area contributed by atoms with E-state index < -0.39 is 11.9 Å². The van der Waals surface area contributed by atoms with Gasteiger partial charge in [-0.3, -0.25) is 4.79 Å². The molecule has 0 radical (unpaired) electrons. The number of hydrogen-bond donors (Lipinski definition) is 2. The Morgan fingerprint density at radius 3 is 2.81 bits per heavy atom. The van der Waals surface area contributed by atoms with Gasteiger partial charge in [-0.2, -0.15) is 13.2 Å². The van der Waals surface area contributed by atoms with Crippen molar-refractivity contribution in [2.75, 3.05) is 24.2 Å². The van der Waals surface area contributed by atoms with E-state index in [0.29, 0.717) is 28.9 Å². The molecule has 2 N–H and O–H groups in total. The summed E-state index contributed by atoms with van der Waals surface area (Å²) < 4.78 is 36.9. The van der Waals surface area contributed by atoms with Crippen molar-refractivity contribution in [2.24, 2.45) is 5.92 Å². The molecule has 0 bridgehead atoms. The van der Waals surface area contributed by atoms with E-state index in [0.717, 1.165) is 19.4 Å². The van der Waals surface area contributed by atoms with Crippen LogP contribution in [-0.2, 0) is 4.79 Å². The highest BCUT2D eigenvalue weighted by atomic mass is 32.2. The summed E-state index contributed by atoms with van der Waals surface area (Å²) in [5.41, 5.74) is 0.447. The molecule has 1 unspecified atom stereocenters. The fraction of sp³-hybridized carbons (Fsp3) is 0.500. The van der Waals surface area contributed by atoms with Crippen LogP contribution in [0.3, 0.4) is 0 Å². The third-order valence-corrected chi connectivity index (χ3v) is 4.34. The molecular weight excluding hydrogens is 301 g/mol. The molecule has 1 aromatic carbocycles. The maximum absolute atomic E-state index is 12.3. The molecule has 0 saturated carbocycles. The second-order valence-corrected chi connectivity index (χ2v) is 5.95. The molecule has 1 aromatic rings. The van der Waals surface area contributed by atoms with E-state index in [2.05, 4.69) is 10.6 Å². The Morgan fingerprint density at radius 2 is 2.14 bits per heavy atom. The van der Waals surface area contributed by atoms with Crippen molar-refractivity contribution in [3.8, 4) is 0 Å². The summed E-state index contributed by atoms with van der Waals surface area (Å²) in [7, 11) is 0. The second-order valence-electron chi connectivity index (χ2n) is 4.93. The van der Waals surface area contributed by atoms with Crippen LogP contribution in [-0.4, -0.2) is 30.9 Å². The molecule has 1 amide bonds. The van der Waals surface area contributed by atoms with E-state index in [-0.39, 0.29) is 11.8 Å². The van der Waals surface area contributed by atoms with Crippen LogP contribution in [0, 0.1) is 5.92 Å². The second kappa shape index (κ2) is 7.17. The highest BCUT2D eigenvalue weighted by Crippen LogP contribution is 2.32. The molecule has 116 valence electrons. The van der Waals surface area contributed by atoms with Crippen molar-refractivity contribution in [1.29, 1.82) is 0 Å². The van der Waals surface area contributed by atoms with Gasteiger partial charge >= 0.3 is 6.18 Å². The summed E-state index contributed by atoms with van der Waals surface area (Å²) in [4.78, 5) is 12.6. The Hall–Kier alpha value is -1.21. The molecule has 1 atom stereocenters. The number of anilines is 1. The van der Waals surface area contributed by atoms with E-state index in [4.69, 9.17) is 0 Å². The normalized spacial score (nSPS) is 19.3. The molecule has 2 rings (SSSR count). The van der Waals surface area contributed by atoms with Crippen LogP contribution in [0.4, 0.5) is 18.9 Å². The minimum atomic E-state index is -4.23. The quantitative estimate of drug-likeness (QED) is 0.837. The molecule has 0 spiro atoms. The van der Waals surface area contributed by atoms with E-state index in [1.165, 1.54) is 0 Å². The van der Waals surface area contributed by atoms with Crippen LogP contribution in [0.2, 0.25) is 0 Å². The fourth-order valence-corrected chi connectivity index (χ4v) is 2.93. The van der Waals surface area contributed by atoms with E-state index in [1.807, 2.05) is 0 Å². The highest BCUT2D eigenvalue weighted by Gasteiger charge is 2.28. The SMILES string of the molecule is O=C(Nc1ccccc1SCC(F)(F)F)C1CCCNC1. The number of carbonyl (C=O) groups is 1. The van der Waals surface area contributed by atoms with Gasteiger partial charge < -0.3 is 10.6 Å². The van der Waals surface area contributed by atoms with Crippen LogP contribution >= 0.6 is 11.8 Å². The molecule has 1 saturated heterocycles. The Balaban J connectivity index is 2.00. The van der Waals surface area contributed by atoms with Gasteiger partial charge in [0.15, 0.2) is 0 Å². The number of alkyl halides is 3. The molecular formula is C14H17F3N2OS. The summed E-state index contributed by atoms with van der Waals surface area (Å²) in [6.07, 6.45) is -2.49. The summed E-state index contributed by atoms with van der Waals surface area (Å²) in [6.45, 7) is 1.52. The summed E-state index contributed by atoms with van der Waals surface area (Å²) in [5, 5.41) is 5.90. The van der Waals surface area contributed by atoms with Gasteiger partial charge in [0.25, 0.3) is 0 Å². The van der Waals surface area contributed by atoms with Gasteiger partial charge in [0.1, 0.15) is 0 Å². The van der Waals surface area contributed by atoms with Crippen LogP contribution in [0.5, 0.6) is 0 Å². The standard InChI is InChI=1S/C14H17F3N2OS/c15-14(16,17)9-21-12-6-2-1-5-11(12)19-13(20)10-4-3-7-18-8-10/h1-2,5-6,10,18H,3-4,7-9H2,(H,19,20). The number of piperidine rings is 1. The molecule has 0 aromatic heterocycles. The Kier molecular flexibility index (Phi) is 5.52. The van der Waals surface area contributed by atoms with Crippen molar-refractivity contribution < 1.29 is 18.0 Å². The number of nitrogens with one attached hydrogen (secondary N) is 2. The number of thioether (sulfide) groups is 1. The molecule has 3 nitrogen and oxygen atoms in total. The van der Waals surface area contributed by atoms with Crippen molar-refractivity contribution in [3.05, 3.63) is 24.3 Å². The highest BCUT2D eigenvalue weighted by molar-refractivity contribution is 7.99. The van der Waals surface area contributed by atoms with Crippen LogP contribution in [0.1, 0.15) is 12.8 Å². The average molecular weight is 318 g/mol. The zero-order valence-corrected chi connectivity index (χ0v) is 12.2. The Labute approximate surface area is 125 Å². The van der Waals surface area contributed by atoms with E-state index in [9.17, 15) is 18.0 Å². The van der Waals surface area contributed by atoms with Gasteiger partial charge in [-0.15, -0.1) is 11.8 Å². The molecule has 1 aliphatic heterocycles.